The van der Waals surface area contributed by atoms with Gasteiger partial charge in [0.1, 0.15) is 17.4 Å². The van der Waals surface area contributed by atoms with Crippen LogP contribution >= 0.6 is 23.1 Å². The highest BCUT2D eigenvalue weighted by Gasteiger charge is 2.20. The van der Waals surface area contributed by atoms with Crippen LogP contribution in [-0.2, 0) is 14.6 Å². The number of halogens is 1. The molecule has 1 aromatic heterocycles. The minimum atomic E-state index is -3.65. The van der Waals surface area contributed by atoms with E-state index in [1.165, 1.54) is 44.6 Å². The van der Waals surface area contributed by atoms with Crippen molar-refractivity contribution in [2.24, 2.45) is 0 Å². The maximum absolute atomic E-state index is 12.6. The molecule has 0 aliphatic carbocycles. The number of carbonyl (C=O) groups excluding carboxylic acids is 2. The second-order valence-corrected chi connectivity index (χ2v) is 10.0. The zero-order valence-electron chi connectivity index (χ0n) is 18.9. The Hall–Kier alpha value is -3.99. The Balaban J connectivity index is 1.85. The van der Waals surface area contributed by atoms with Crippen LogP contribution in [0, 0.1) is 11.3 Å². The van der Waals surface area contributed by atoms with Crippen molar-refractivity contribution in [3.05, 3.63) is 58.1 Å². The summed E-state index contributed by atoms with van der Waals surface area (Å²) in [4.78, 5) is 28.8. The molecule has 0 fully saturated rings. The number of aromatic nitrogens is 2. The van der Waals surface area contributed by atoms with Gasteiger partial charge in [-0.05, 0) is 42.0 Å². The molecule has 0 spiro atoms. The molecule has 14 heteroatoms. The number of rotatable bonds is 8. The Kier molecular flexibility index (Phi) is 8.25. The number of carbonyl (C=O) groups is 2. The Bertz CT molecular complexity index is 1510. The van der Waals surface area contributed by atoms with Crippen LogP contribution in [0.15, 0.2) is 47.1 Å². The van der Waals surface area contributed by atoms with Gasteiger partial charge in [0.15, 0.2) is 11.5 Å². The zero-order valence-corrected chi connectivity index (χ0v) is 21.3. The number of anilines is 1. The summed E-state index contributed by atoms with van der Waals surface area (Å²) in [5.41, 5.74) is 0.166. The minimum Gasteiger partial charge on any atom is -0.497 e. The molecular formula is C22H17ClN4O7S2. The van der Waals surface area contributed by atoms with Crippen LogP contribution in [0.1, 0.15) is 15.9 Å². The van der Waals surface area contributed by atoms with E-state index in [2.05, 4.69) is 14.7 Å². The number of benzene rings is 2. The molecule has 0 atom stereocenters. The molecule has 1 heterocycles. The van der Waals surface area contributed by atoms with Crippen molar-refractivity contribution in [2.45, 2.75) is 5.16 Å². The number of sulfone groups is 1. The van der Waals surface area contributed by atoms with E-state index in [4.69, 9.17) is 25.8 Å². The second-order valence-electron chi connectivity index (χ2n) is 6.93. The monoisotopic (exact) mass is 548 g/mol. The summed E-state index contributed by atoms with van der Waals surface area (Å²) in [6, 6.07) is 10.9. The number of ether oxygens (including phenoxy) is 3. The lowest BCUT2D eigenvalue weighted by Crippen LogP contribution is -2.13. The van der Waals surface area contributed by atoms with Gasteiger partial charge in [-0.3, -0.25) is 10.1 Å². The molecular weight excluding hydrogens is 532 g/mol. The minimum absolute atomic E-state index is 0.0172. The van der Waals surface area contributed by atoms with E-state index in [-0.39, 0.29) is 32.8 Å². The number of nitriles is 1. The molecule has 0 bridgehead atoms. The van der Waals surface area contributed by atoms with Gasteiger partial charge in [0.25, 0.3) is 11.1 Å². The molecule has 0 saturated carbocycles. The fourth-order valence-electron chi connectivity index (χ4n) is 2.71. The van der Waals surface area contributed by atoms with Crippen molar-refractivity contribution >= 4 is 56.1 Å². The maximum atomic E-state index is 12.6. The lowest BCUT2D eigenvalue weighted by atomic mass is 10.1. The quantitative estimate of drug-likeness (QED) is 0.191. The number of nitrogens with zero attached hydrogens (tertiary/aromatic N) is 3. The van der Waals surface area contributed by atoms with Gasteiger partial charge < -0.3 is 14.2 Å². The second kappa shape index (κ2) is 11.2. The molecule has 3 rings (SSSR count). The van der Waals surface area contributed by atoms with Crippen molar-refractivity contribution in [1.29, 1.82) is 5.26 Å². The first-order valence-electron chi connectivity index (χ1n) is 9.76. The SMILES string of the molecule is COc1cccc(C(=O)Oc2c(Cl)cc(/C=C(/C#N)C(=O)Nc3nc(S(C)(=O)=O)ns3)cc2OC)c1. The first kappa shape index (κ1) is 26.6. The molecule has 0 radical (unpaired) electrons. The van der Waals surface area contributed by atoms with Gasteiger partial charge in [-0.1, -0.05) is 17.7 Å². The summed E-state index contributed by atoms with van der Waals surface area (Å²) in [6.07, 6.45) is 2.14. The summed E-state index contributed by atoms with van der Waals surface area (Å²) < 4.78 is 42.5. The van der Waals surface area contributed by atoms with E-state index in [9.17, 15) is 23.3 Å². The lowest BCUT2D eigenvalue weighted by Gasteiger charge is -2.12. The third-order valence-corrected chi connectivity index (χ3v) is 6.26. The molecule has 2 aromatic carbocycles. The highest BCUT2D eigenvalue weighted by atomic mass is 35.5. The molecule has 0 aliphatic heterocycles. The van der Waals surface area contributed by atoms with Crippen molar-refractivity contribution in [3.8, 4) is 23.3 Å². The topological polar surface area (TPSA) is 158 Å². The predicted molar refractivity (Wildman–Crippen MR) is 131 cm³/mol. The largest absolute Gasteiger partial charge is 0.497 e. The van der Waals surface area contributed by atoms with E-state index >= 15 is 0 Å². The molecule has 36 heavy (non-hydrogen) atoms. The molecule has 186 valence electrons. The third kappa shape index (κ3) is 6.36. The Labute approximate surface area is 215 Å². The van der Waals surface area contributed by atoms with Crippen LogP contribution in [0.2, 0.25) is 5.02 Å². The average Bonchev–Trinajstić information content (AvgIpc) is 3.32. The van der Waals surface area contributed by atoms with Crippen LogP contribution in [-0.4, -0.2) is 50.1 Å². The normalized spacial score (nSPS) is 11.4. The molecule has 0 aliphatic rings. The van der Waals surface area contributed by atoms with Gasteiger partial charge in [-0.25, -0.2) is 13.2 Å². The maximum Gasteiger partial charge on any atom is 0.343 e. The first-order chi connectivity index (χ1) is 17.0. The van der Waals surface area contributed by atoms with E-state index in [1.807, 2.05) is 0 Å². The van der Waals surface area contributed by atoms with Gasteiger partial charge in [0, 0.05) is 17.8 Å². The van der Waals surface area contributed by atoms with E-state index in [1.54, 1.807) is 18.2 Å². The van der Waals surface area contributed by atoms with E-state index in [0.717, 1.165) is 6.26 Å². The molecule has 0 saturated heterocycles. The van der Waals surface area contributed by atoms with Crippen molar-refractivity contribution < 1.29 is 32.2 Å². The number of amides is 1. The summed E-state index contributed by atoms with van der Waals surface area (Å²) >= 11 is 6.97. The number of methoxy groups -OCH3 is 2. The van der Waals surface area contributed by atoms with Crippen molar-refractivity contribution in [3.63, 3.8) is 0 Å². The summed E-state index contributed by atoms with van der Waals surface area (Å²) in [6.45, 7) is 0. The summed E-state index contributed by atoms with van der Waals surface area (Å²) in [7, 11) is -0.859. The fourth-order valence-corrected chi connectivity index (χ4v) is 4.41. The van der Waals surface area contributed by atoms with Crippen LogP contribution in [0.4, 0.5) is 5.13 Å². The van der Waals surface area contributed by atoms with Gasteiger partial charge in [-0.2, -0.15) is 14.6 Å². The zero-order chi connectivity index (χ0) is 26.5. The molecule has 1 N–H and O–H groups in total. The standard InChI is InChI=1S/C22H17ClN4O7S2/c1-32-15-6-4-5-13(10-15)20(29)34-18-16(23)8-12(9-17(18)33-2)7-14(11-24)19(28)25-21-26-22(27-35-21)36(3,30)31/h4-10H,1-3H3,(H,25,26,27,28)/b14-7-. The van der Waals surface area contributed by atoms with Crippen LogP contribution in [0.25, 0.3) is 6.08 Å². The Morgan fingerprint density at radius 2 is 1.94 bits per heavy atom. The molecule has 11 nitrogen and oxygen atoms in total. The smallest absolute Gasteiger partial charge is 0.343 e. The lowest BCUT2D eigenvalue weighted by molar-refractivity contribution is -0.112. The third-order valence-electron chi connectivity index (χ3n) is 4.39. The molecule has 3 aromatic rings. The predicted octanol–water partition coefficient (Wildman–Crippen LogP) is 3.38. The fraction of sp³-hybridized carbons (Fsp3) is 0.136. The van der Waals surface area contributed by atoms with Crippen molar-refractivity contribution in [1.82, 2.24) is 9.36 Å². The van der Waals surface area contributed by atoms with Crippen LogP contribution in [0.3, 0.4) is 0 Å². The number of hydrogen-bond donors (Lipinski definition) is 1. The van der Waals surface area contributed by atoms with E-state index in [0.29, 0.717) is 22.8 Å². The van der Waals surface area contributed by atoms with Gasteiger partial charge >= 0.3 is 5.97 Å². The summed E-state index contributed by atoms with van der Waals surface area (Å²) in [5, 5.41) is 11.2. The van der Waals surface area contributed by atoms with Gasteiger partial charge in [-0.15, -0.1) is 0 Å². The molecule has 1 amide bonds. The number of esters is 1. The Morgan fingerprint density at radius 1 is 1.19 bits per heavy atom. The molecule has 0 unspecified atom stereocenters. The highest BCUT2D eigenvalue weighted by Crippen LogP contribution is 2.37. The average molecular weight is 549 g/mol. The number of nitrogens with one attached hydrogen (secondary N) is 1. The van der Waals surface area contributed by atoms with E-state index < -0.39 is 26.9 Å². The number of hydrogen-bond acceptors (Lipinski definition) is 11. The van der Waals surface area contributed by atoms with Crippen molar-refractivity contribution in [2.75, 3.05) is 25.8 Å². The van der Waals surface area contributed by atoms with Gasteiger partial charge in [0.2, 0.25) is 15.0 Å². The van der Waals surface area contributed by atoms with Crippen LogP contribution < -0.4 is 19.5 Å². The van der Waals surface area contributed by atoms with Gasteiger partial charge in [0.05, 0.1) is 24.8 Å². The highest BCUT2D eigenvalue weighted by molar-refractivity contribution is 7.90. The first-order valence-corrected chi connectivity index (χ1v) is 12.8. The Morgan fingerprint density at radius 3 is 2.56 bits per heavy atom. The van der Waals surface area contributed by atoms with Crippen LogP contribution in [0.5, 0.6) is 17.2 Å². The summed E-state index contributed by atoms with van der Waals surface area (Å²) in [5.74, 6) is -1.08.